The Hall–Kier alpha value is -0.930. The highest BCUT2D eigenvalue weighted by Gasteiger charge is 1.96. The quantitative estimate of drug-likeness (QED) is 0.665. The second-order valence-electron chi connectivity index (χ2n) is 3.04. The fraction of sp³-hybridized carbons (Fsp3) is 0.273. The van der Waals surface area contributed by atoms with Crippen LogP contribution in [-0.2, 0) is 0 Å². The van der Waals surface area contributed by atoms with E-state index in [2.05, 4.69) is 24.9 Å². The van der Waals surface area contributed by atoms with Crippen LogP contribution in [0.5, 0.6) is 0 Å². The van der Waals surface area contributed by atoms with Crippen molar-refractivity contribution in [2.24, 2.45) is 0 Å². The third-order valence-corrected chi connectivity index (χ3v) is 2.12. The summed E-state index contributed by atoms with van der Waals surface area (Å²) in [4.78, 5) is 0. The molecule has 0 aliphatic heterocycles. The van der Waals surface area contributed by atoms with E-state index >= 15 is 0 Å². The first-order valence-corrected chi connectivity index (χ1v) is 5.05. The van der Waals surface area contributed by atoms with Crippen LogP contribution in [0.1, 0.15) is 11.1 Å². The zero-order valence-corrected chi connectivity index (χ0v) is 9.09. The minimum atomic E-state index is 0.144. The molecule has 0 atom stereocenters. The van der Waals surface area contributed by atoms with Gasteiger partial charge in [0.05, 0.1) is 6.61 Å². The summed E-state index contributed by atoms with van der Waals surface area (Å²) in [6.45, 7) is 2.78. The van der Waals surface area contributed by atoms with Gasteiger partial charge in [-0.2, -0.15) is 12.6 Å². The van der Waals surface area contributed by atoms with Crippen molar-refractivity contribution in [1.29, 1.82) is 0 Å². The molecule has 1 aromatic carbocycles. The zero-order chi connectivity index (χ0) is 10.4. The fourth-order valence-corrected chi connectivity index (χ4v) is 1.37. The average molecular weight is 209 g/mol. The Morgan fingerprint density at radius 3 is 2.93 bits per heavy atom. The number of nitrogens with one attached hydrogen (secondary N) is 1. The number of rotatable bonds is 4. The molecule has 0 heterocycles. The van der Waals surface area contributed by atoms with E-state index in [1.807, 2.05) is 24.3 Å². The monoisotopic (exact) mass is 209 g/mol. The molecule has 2 N–H and O–H groups in total. The van der Waals surface area contributed by atoms with Crippen LogP contribution in [0, 0.1) is 6.92 Å². The van der Waals surface area contributed by atoms with Gasteiger partial charge in [0.2, 0.25) is 0 Å². The normalized spacial score (nSPS) is 10.8. The fourth-order valence-electron chi connectivity index (χ4n) is 1.21. The van der Waals surface area contributed by atoms with Crippen LogP contribution in [0.25, 0.3) is 6.08 Å². The van der Waals surface area contributed by atoms with Gasteiger partial charge in [-0.15, -0.1) is 0 Å². The number of aliphatic hydroxyl groups excluding tert-OH is 1. The van der Waals surface area contributed by atoms with Gasteiger partial charge < -0.3 is 10.4 Å². The molecule has 0 aromatic heterocycles. The lowest BCUT2D eigenvalue weighted by Gasteiger charge is -2.07. The first kappa shape index (κ1) is 11.1. The molecule has 14 heavy (non-hydrogen) atoms. The Balaban J connectivity index is 2.83. The van der Waals surface area contributed by atoms with Crippen molar-refractivity contribution in [3.05, 3.63) is 34.7 Å². The molecule has 0 saturated heterocycles. The van der Waals surface area contributed by atoms with E-state index in [1.165, 1.54) is 5.56 Å². The SMILES string of the molecule is Cc1ccc(NCCO)cc1/C=C/S. The summed E-state index contributed by atoms with van der Waals surface area (Å²) in [7, 11) is 0. The molecule has 1 aromatic rings. The number of benzene rings is 1. The van der Waals surface area contributed by atoms with Crippen molar-refractivity contribution >= 4 is 24.4 Å². The van der Waals surface area contributed by atoms with Crippen LogP contribution in [0.3, 0.4) is 0 Å². The van der Waals surface area contributed by atoms with Gasteiger partial charge in [-0.05, 0) is 41.7 Å². The number of anilines is 1. The van der Waals surface area contributed by atoms with Crippen LogP contribution in [0.4, 0.5) is 5.69 Å². The van der Waals surface area contributed by atoms with Gasteiger partial charge in [-0.1, -0.05) is 6.07 Å². The summed E-state index contributed by atoms with van der Waals surface area (Å²) in [5.41, 5.74) is 3.37. The highest BCUT2D eigenvalue weighted by Crippen LogP contribution is 2.16. The first-order valence-electron chi connectivity index (χ1n) is 4.54. The number of aryl methyl sites for hydroxylation is 1. The maximum absolute atomic E-state index is 8.67. The van der Waals surface area contributed by atoms with Gasteiger partial charge in [-0.25, -0.2) is 0 Å². The summed E-state index contributed by atoms with van der Waals surface area (Å²) in [5, 5.41) is 13.5. The molecule has 0 bridgehead atoms. The Labute approximate surface area is 90.1 Å². The number of hydrogen-bond donors (Lipinski definition) is 3. The molecule has 3 heteroatoms. The summed E-state index contributed by atoms with van der Waals surface area (Å²) in [5.74, 6) is 0. The van der Waals surface area contributed by atoms with Crippen molar-refractivity contribution < 1.29 is 5.11 Å². The maximum Gasteiger partial charge on any atom is 0.0604 e. The van der Waals surface area contributed by atoms with E-state index < -0.39 is 0 Å². The summed E-state index contributed by atoms with van der Waals surface area (Å²) >= 11 is 4.04. The van der Waals surface area contributed by atoms with Crippen LogP contribution in [-0.4, -0.2) is 18.3 Å². The lowest BCUT2D eigenvalue weighted by molar-refractivity contribution is 0.311. The van der Waals surface area contributed by atoms with Crippen LogP contribution < -0.4 is 5.32 Å². The van der Waals surface area contributed by atoms with E-state index in [0.717, 1.165) is 11.3 Å². The van der Waals surface area contributed by atoms with Crippen molar-refractivity contribution in [2.45, 2.75) is 6.92 Å². The molecular weight excluding hydrogens is 194 g/mol. The maximum atomic E-state index is 8.67. The molecule has 76 valence electrons. The second kappa shape index (κ2) is 5.73. The minimum Gasteiger partial charge on any atom is -0.395 e. The average Bonchev–Trinajstić information content (AvgIpc) is 2.19. The standard InChI is InChI=1S/C11H15NOS/c1-9-2-3-11(12-5-6-13)8-10(9)4-7-14/h2-4,7-8,12-14H,5-6H2,1H3/b7-4+. The highest BCUT2D eigenvalue weighted by atomic mass is 32.1. The molecular formula is C11H15NOS. The highest BCUT2D eigenvalue weighted by molar-refractivity contribution is 7.83. The van der Waals surface area contributed by atoms with E-state index in [1.54, 1.807) is 5.41 Å². The first-order chi connectivity index (χ1) is 6.77. The number of hydrogen-bond acceptors (Lipinski definition) is 3. The Kier molecular flexibility index (Phi) is 4.56. The molecule has 0 aliphatic rings. The summed E-state index contributed by atoms with van der Waals surface area (Å²) in [6, 6.07) is 6.08. The third-order valence-electron chi connectivity index (χ3n) is 1.97. The van der Waals surface area contributed by atoms with Crippen molar-refractivity contribution in [3.63, 3.8) is 0 Å². The lowest BCUT2D eigenvalue weighted by Crippen LogP contribution is -2.05. The van der Waals surface area contributed by atoms with Gasteiger partial charge in [0.25, 0.3) is 0 Å². The van der Waals surface area contributed by atoms with Crippen molar-refractivity contribution in [2.75, 3.05) is 18.5 Å². The predicted octanol–water partition coefficient (Wildman–Crippen LogP) is 2.30. The van der Waals surface area contributed by atoms with Crippen LogP contribution in [0.15, 0.2) is 23.6 Å². The predicted molar refractivity (Wildman–Crippen MR) is 64.8 cm³/mol. The van der Waals surface area contributed by atoms with E-state index in [4.69, 9.17) is 5.11 Å². The second-order valence-corrected chi connectivity index (χ2v) is 3.34. The van der Waals surface area contributed by atoms with Gasteiger partial charge in [-0.3, -0.25) is 0 Å². The number of aliphatic hydroxyl groups is 1. The molecule has 0 amide bonds. The molecule has 0 fully saturated rings. The molecule has 0 radical (unpaired) electrons. The smallest absolute Gasteiger partial charge is 0.0604 e. The van der Waals surface area contributed by atoms with Gasteiger partial charge in [0, 0.05) is 12.2 Å². The Morgan fingerprint density at radius 2 is 2.29 bits per heavy atom. The van der Waals surface area contributed by atoms with E-state index in [-0.39, 0.29) is 6.61 Å². The largest absolute Gasteiger partial charge is 0.395 e. The zero-order valence-electron chi connectivity index (χ0n) is 8.20. The summed E-state index contributed by atoms with van der Waals surface area (Å²) in [6.07, 6.45) is 1.95. The van der Waals surface area contributed by atoms with E-state index in [9.17, 15) is 0 Å². The summed E-state index contributed by atoms with van der Waals surface area (Å²) < 4.78 is 0. The molecule has 2 nitrogen and oxygen atoms in total. The van der Waals surface area contributed by atoms with Gasteiger partial charge in [0.1, 0.15) is 0 Å². The number of thiol groups is 1. The molecule has 0 unspecified atom stereocenters. The van der Waals surface area contributed by atoms with E-state index in [0.29, 0.717) is 6.54 Å². The Bertz CT molecular complexity index is 323. The topological polar surface area (TPSA) is 32.3 Å². The van der Waals surface area contributed by atoms with Crippen molar-refractivity contribution in [3.8, 4) is 0 Å². The van der Waals surface area contributed by atoms with Crippen LogP contribution in [0.2, 0.25) is 0 Å². The van der Waals surface area contributed by atoms with Gasteiger partial charge in [0.15, 0.2) is 0 Å². The van der Waals surface area contributed by atoms with Crippen LogP contribution >= 0.6 is 12.6 Å². The molecule has 0 aliphatic carbocycles. The third kappa shape index (κ3) is 3.09. The molecule has 1 rings (SSSR count). The minimum absolute atomic E-state index is 0.144. The lowest BCUT2D eigenvalue weighted by atomic mass is 10.1. The van der Waals surface area contributed by atoms with Gasteiger partial charge >= 0.3 is 0 Å². The van der Waals surface area contributed by atoms with Crippen molar-refractivity contribution in [1.82, 2.24) is 0 Å². The molecule has 0 saturated carbocycles. The Morgan fingerprint density at radius 1 is 1.50 bits per heavy atom. The molecule has 0 spiro atoms.